The Morgan fingerprint density at radius 2 is 1.85 bits per heavy atom. The predicted molar refractivity (Wildman–Crippen MR) is 120 cm³/mol. The molecule has 4 rings (SSSR count). The molecule has 0 bridgehead atoms. The molecular formula is C23H22ClF3N4O2. The fourth-order valence-corrected chi connectivity index (χ4v) is 4.15. The number of amides is 1. The van der Waals surface area contributed by atoms with Crippen molar-refractivity contribution in [2.24, 2.45) is 0 Å². The molecule has 1 aromatic heterocycles. The van der Waals surface area contributed by atoms with E-state index in [0.717, 1.165) is 10.1 Å². The molecule has 2 aromatic carbocycles. The third kappa shape index (κ3) is 4.69. The number of anilines is 2. The van der Waals surface area contributed by atoms with Crippen LogP contribution in [0.2, 0.25) is 5.15 Å². The second-order valence-electron chi connectivity index (χ2n) is 8.10. The number of aliphatic hydroxyl groups is 1. The molecule has 0 aliphatic carbocycles. The zero-order valence-corrected chi connectivity index (χ0v) is 18.6. The van der Waals surface area contributed by atoms with E-state index in [1.165, 1.54) is 0 Å². The lowest BCUT2D eigenvalue weighted by atomic mass is 9.96. The van der Waals surface area contributed by atoms with Crippen LogP contribution in [0.5, 0.6) is 0 Å². The van der Waals surface area contributed by atoms with Crippen LogP contribution < -0.4 is 10.6 Å². The first-order valence-corrected chi connectivity index (χ1v) is 10.7. The van der Waals surface area contributed by atoms with Crippen LogP contribution in [0.3, 0.4) is 0 Å². The van der Waals surface area contributed by atoms with Gasteiger partial charge in [-0.15, -0.1) is 0 Å². The minimum Gasteiger partial charge on any atom is -0.389 e. The number of fused-ring (bicyclic) bond motifs is 1. The van der Waals surface area contributed by atoms with Crippen LogP contribution in [0.4, 0.5) is 24.8 Å². The van der Waals surface area contributed by atoms with Crippen molar-refractivity contribution in [3.05, 3.63) is 76.1 Å². The number of alkyl halides is 3. The summed E-state index contributed by atoms with van der Waals surface area (Å²) in [5.74, 6) is -0.852. The Labute approximate surface area is 193 Å². The predicted octanol–water partition coefficient (Wildman–Crippen LogP) is 5.81. The fraction of sp³-hybridized carbons (Fsp3) is 0.304. The van der Waals surface area contributed by atoms with Gasteiger partial charge in [-0.2, -0.15) is 13.2 Å². The topological polar surface area (TPSA) is 79.2 Å². The van der Waals surface area contributed by atoms with Crippen LogP contribution in [-0.2, 0) is 0 Å². The molecule has 2 heterocycles. The van der Waals surface area contributed by atoms with Crippen LogP contribution >= 0.6 is 11.6 Å². The Kier molecular flexibility index (Phi) is 6.11. The van der Waals surface area contributed by atoms with E-state index in [9.17, 15) is 23.1 Å². The van der Waals surface area contributed by atoms with Gasteiger partial charge in [0.25, 0.3) is 5.91 Å². The number of rotatable bonds is 4. The van der Waals surface area contributed by atoms with Gasteiger partial charge in [0.1, 0.15) is 11.2 Å². The summed E-state index contributed by atoms with van der Waals surface area (Å²) in [6, 6.07) is 11.0. The maximum absolute atomic E-state index is 14.0. The minimum atomic E-state index is -4.59. The van der Waals surface area contributed by atoms with Crippen LogP contribution in [0.15, 0.2) is 48.5 Å². The fourth-order valence-electron chi connectivity index (χ4n) is 3.82. The van der Waals surface area contributed by atoms with Gasteiger partial charge in [0.2, 0.25) is 5.95 Å². The standard InChI is InChI=1S/C23H22ClF3N4O2/c1-12-3-5-15(6-4-12)17-11-18(23(25,26)27)31-20(24)19(30-22(31)29-17)21(33)28-16-9-7-14(8-10-16)13(2)32/h3-10,13,17-18,32H,11H2,1-2H3,(H,28,33)(H,29,30). The summed E-state index contributed by atoms with van der Waals surface area (Å²) in [5.41, 5.74) is 2.42. The van der Waals surface area contributed by atoms with Gasteiger partial charge >= 0.3 is 6.18 Å². The molecule has 3 N–H and O–H groups in total. The Hall–Kier alpha value is -3.04. The summed E-state index contributed by atoms with van der Waals surface area (Å²) >= 11 is 6.25. The van der Waals surface area contributed by atoms with E-state index in [-0.39, 0.29) is 23.2 Å². The van der Waals surface area contributed by atoms with Gasteiger partial charge in [-0.05, 0) is 37.1 Å². The molecular weight excluding hydrogens is 457 g/mol. The normalized spacial score (nSPS) is 18.9. The third-order valence-electron chi connectivity index (χ3n) is 5.65. The lowest BCUT2D eigenvalue weighted by molar-refractivity contribution is -0.171. The van der Waals surface area contributed by atoms with Gasteiger partial charge in [-0.25, -0.2) is 4.98 Å². The number of carbonyl (C=O) groups is 1. The molecule has 1 aliphatic heterocycles. The van der Waals surface area contributed by atoms with Crippen molar-refractivity contribution in [3.8, 4) is 0 Å². The molecule has 0 saturated carbocycles. The molecule has 0 spiro atoms. The largest absolute Gasteiger partial charge is 0.409 e. The number of halogens is 4. The Morgan fingerprint density at radius 1 is 1.21 bits per heavy atom. The van der Waals surface area contributed by atoms with E-state index in [0.29, 0.717) is 16.8 Å². The second-order valence-corrected chi connectivity index (χ2v) is 8.46. The molecule has 6 nitrogen and oxygen atoms in total. The van der Waals surface area contributed by atoms with Gasteiger partial charge in [-0.3, -0.25) is 9.36 Å². The van der Waals surface area contributed by atoms with Crippen molar-refractivity contribution >= 4 is 29.1 Å². The average molecular weight is 479 g/mol. The van der Waals surface area contributed by atoms with E-state index in [2.05, 4.69) is 15.6 Å². The number of aliphatic hydroxyl groups excluding tert-OH is 1. The van der Waals surface area contributed by atoms with Crippen molar-refractivity contribution in [2.45, 2.75) is 44.6 Å². The van der Waals surface area contributed by atoms with Gasteiger partial charge in [-0.1, -0.05) is 53.6 Å². The highest BCUT2D eigenvalue weighted by molar-refractivity contribution is 6.33. The maximum Gasteiger partial charge on any atom is 0.409 e. The molecule has 3 unspecified atom stereocenters. The summed E-state index contributed by atoms with van der Waals surface area (Å²) in [5, 5.41) is 14.8. The molecule has 10 heteroatoms. The summed E-state index contributed by atoms with van der Waals surface area (Å²) in [4.78, 5) is 16.9. The summed E-state index contributed by atoms with van der Waals surface area (Å²) in [6.07, 6.45) is -5.55. The third-order valence-corrected chi connectivity index (χ3v) is 6.01. The number of nitrogens with zero attached hydrogens (tertiary/aromatic N) is 2. The first-order valence-electron chi connectivity index (χ1n) is 10.3. The summed E-state index contributed by atoms with van der Waals surface area (Å²) in [7, 11) is 0. The molecule has 1 amide bonds. The minimum absolute atomic E-state index is 0.117. The van der Waals surface area contributed by atoms with E-state index >= 15 is 0 Å². The van der Waals surface area contributed by atoms with Crippen molar-refractivity contribution < 1.29 is 23.1 Å². The molecule has 3 atom stereocenters. The number of hydrogen-bond acceptors (Lipinski definition) is 4. The Morgan fingerprint density at radius 3 is 2.42 bits per heavy atom. The quantitative estimate of drug-likeness (QED) is 0.442. The van der Waals surface area contributed by atoms with Crippen LogP contribution in [0.1, 0.15) is 58.7 Å². The Balaban J connectivity index is 1.65. The number of benzene rings is 2. The monoisotopic (exact) mass is 478 g/mol. The first-order chi connectivity index (χ1) is 15.5. The molecule has 0 saturated heterocycles. The first kappa shape index (κ1) is 23.1. The van der Waals surface area contributed by atoms with E-state index < -0.39 is 30.3 Å². The average Bonchev–Trinajstić information content (AvgIpc) is 3.10. The number of imidazole rings is 1. The number of carbonyl (C=O) groups excluding carboxylic acids is 1. The lowest BCUT2D eigenvalue weighted by Crippen LogP contribution is -2.35. The molecule has 3 aromatic rings. The number of aromatic nitrogens is 2. The van der Waals surface area contributed by atoms with Gasteiger partial charge in [0.05, 0.1) is 12.1 Å². The molecule has 174 valence electrons. The second kappa shape index (κ2) is 8.72. The highest BCUT2D eigenvalue weighted by atomic mass is 35.5. The van der Waals surface area contributed by atoms with Crippen LogP contribution in [0, 0.1) is 6.92 Å². The highest BCUT2D eigenvalue weighted by Crippen LogP contribution is 2.46. The number of nitrogens with one attached hydrogen (secondary N) is 2. The smallest absolute Gasteiger partial charge is 0.389 e. The number of aryl methyl sites for hydroxylation is 1. The zero-order valence-electron chi connectivity index (χ0n) is 17.8. The SMILES string of the molecule is Cc1ccc(C2CC(C(F)(F)F)n3c(nc(C(=O)Nc4ccc(C(C)O)cc4)c3Cl)N2)cc1. The van der Waals surface area contributed by atoms with E-state index in [4.69, 9.17) is 11.6 Å². The summed E-state index contributed by atoms with van der Waals surface area (Å²) < 4.78 is 42.7. The molecule has 33 heavy (non-hydrogen) atoms. The van der Waals surface area contributed by atoms with Crippen molar-refractivity contribution in [1.29, 1.82) is 0 Å². The van der Waals surface area contributed by atoms with Gasteiger partial charge < -0.3 is 15.7 Å². The molecule has 0 radical (unpaired) electrons. The molecule has 1 aliphatic rings. The highest BCUT2D eigenvalue weighted by Gasteiger charge is 2.47. The summed E-state index contributed by atoms with van der Waals surface area (Å²) in [6.45, 7) is 3.50. The maximum atomic E-state index is 14.0. The lowest BCUT2D eigenvalue weighted by Gasteiger charge is -2.34. The number of hydrogen-bond donors (Lipinski definition) is 3. The zero-order chi connectivity index (χ0) is 23.9. The van der Waals surface area contributed by atoms with Crippen molar-refractivity contribution in [3.63, 3.8) is 0 Å². The molecule has 0 fully saturated rings. The van der Waals surface area contributed by atoms with Gasteiger partial charge in [0.15, 0.2) is 5.69 Å². The Bertz CT molecular complexity index is 1160. The van der Waals surface area contributed by atoms with Gasteiger partial charge in [0, 0.05) is 12.1 Å². The van der Waals surface area contributed by atoms with E-state index in [1.54, 1.807) is 43.3 Å². The van der Waals surface area contributed by atoms with Crippen molar-refractivity contribution in [1.82, 2.24) is 9.55 Å². The van der Waals surface area contributed by atoms with Crippen LogP contribution in [-0.4, -0.2) is 26.7 Å². The van der Waals surface area contributed by atoms with Crippen molar-refractivity contribution in [2.75, 3.05) is 10.6 Å². The van der Waals surface area contributed by atoms with Crippen LogP contribution in [0.25, 0.3) is 0 Å². The van der Waals surface area contributed by atoms with E-state index in [1.807, 2.05) is 19.1 Å².